The van der Waals surface area contributed by atoms with Crippen molar-refractivity contribution >= 4 is 11.8 Å². The highest BCUT2D eigenvalue weighted by Crippen LogP contribution is 2.17. The van der Waals surface area contributed by atoms with Crippen LogP contribution in [0.3, 0.4) is 0 Å². The van der Waals surface area contributed by atoms with Crippen molar-refractivity contribution in [1.29, 1.82) is 0 Å². The zero-order valence-electron chi connectivity index (χ0n) is 19.9. The summed E-state index contributed by atoms with van der Waals surface area (Å²) < 4.78 is 1.70. The predicted octanol–water partition coefficient (Wildman–Crippen LogP) is 2.00. The number of aromatic nitrogens is 2. The molecule has 1 saturated heterocycles. The molecule has 0 spiro atoms. The number of nitrogens with one attached hydrogen (secondary N) is 1. The van der Waals surface area contributed by atoms with Gasteiger partial charge >= 0.3 is 0 Å². The molecule has 0 aliphatic carbocycles. The number of amides is 2. The first-order chi connectivity index (χ1) is 16.0. The third-order valence-corrected chi connectivity index (χ3v) is 6.62. The fraction of sp³-hybridized carbons (Fsp3) is 0.560. The lowest BCUT2D eigenvalue weighted by Gasteiger charge is -2.33. The molecule has 0 unspecified atom stereocenters. The first kappa shape index (κ1) is 23.4. The van der Waals surface area contributed by atoms with Crippen LogP contribution in [0.5, 0.6) is 0 Å². The van der Waals surface area contributed by atoms with Crippen LogP contribution in [0.4, 0.5) is 0 Å². The van der Waals surface area contributed by atoms with Gasteiger partial charge in [-0.2, -0.15) is 5.10 Å². The van der Waals surface area contributed by atoms with E-state index in [1.807, 2.05) is 17.0 Å². The summed E-state index contributed by atoms with van der Waals surface area (Å²) in [6.07, 6.45) is 1.73. The third kappa shape index (κ3) is 6.00. The molecule has 3 heterocycles. The highest BCUT2D eigenvalue weighted by molar-refractivity contribution is 5.98. The topological polar surface area (TPSA) is 73.7 Å². The maximum atomic E-state index is 13.2. The summed E-state index contributed by atoms with van der Waals surface area (Å²) >= 11 is 0. The van der Waals surface area contributed by atoms with Crippen molar-refractivity contribution < 1.29 is 9.59 Å². The fourth-order valence-corrected chi connectivity index (χ4v) is 4.65. The zero-order valence-corrected chi connectivity index (χ0v) is 19.9. The number of hydrogen-bond donors (Lipinski definition) is 1. The molecule has 2 aliphatic heterocycles. The Morgan fingerprint density at radius 2 is 1.85 bits per heavy atom. The van der Waals surface area contributed by atoms with Gasteiger partial charge in [-0.3, -0.25) is 14.3 Å². The number of carbonyl (C=O) groups is 2. The largest absolute Gasteiger partial charge is 0.351 e. The van der Waals surface area contributed by atoms with Crippen molar-refractivity contribution in [3.05, 3.63) is 52.8 Å². The van der Waals surface area contributed by atoms with Gasteiger partial charge in [0, 0.05) is 58.4 Å². The van der Waals surface area contributed by atoms with E-state index in [4.69, 9.17) is 0 Å². The Bertz CT molecular complexity index is 964. The summed E-state index contributed by atoms with van der Waals surface area (Å²) in [5, 5.41) is 7.42. The molecule has 0 saturated carbocycles. The van der Waals surface area contributed by atoms with Crippen molar-refractivity contribution in [1.82, 2.24) is 29.8 Å². The van der Waals surface area contributed by atoms with Crippen LogP contribution >= 0.6 is 0 Å². The Balaban J connectivity index is 1.29. The first-order valence-corrected chi connectivity index (χ1v) is 12.2. The minimum atomic E-state index is -0.204. The molecular weight excluding hydrogens is 416 g/mol. The molecule has 0 radical (unpaired) electrons. The van der Waals surface area contributed by atoms with E-state index in [-0.39, 0.29) is 11.8 Å². The van der Waals surface area contributed by atoms with Gasteiger partial charge in [0.2, 0.25) is 0 Å². The lowest BCUT2D eigenvalue weighted by molar-refractivity contribution is 0.0745. The van der Waals surface area contributed by atoms with Gasteiger partial charge in [0.1, 0.15) is 5.69 Å². The van der Waals surface area contributed by atoms with Gasteiger partial charge in [0.25, 0.3) is 11.8 Å². The number of nitrogens with zero attached hydrogens (tertiary/aromatic N) is 5. The Hall–Kier alpha value is -2.71. The van der Waals surface area contributed by atoms with Crippen LogP contribution < -0.4 is 5.32 Å². The second-order valence-corrected chi connectivity index (χ2v) is 9.09. The van der Waals surface area contributed by atoms with E-state index < -0.39 is 0 Å². The molecule has 2 amide bonds. The number of carbonyl (C=O) groups excluding carboxylic acids is 2. The third-order valence-electron chi connectivity index (χ3n) is 6.62. The molecule has 1 fully saturated rings. The van der Waals surface area contributed by atoms with Crippen LogP contribution in [-0.2, 0) is 13.1 Å². The summed E-state index contributed by atoms with van der Waals surface area (Å²) in [6.45, 7) is 13.3. The van der Waals surface area contributed by atoms with Gasteiger partial charge < -0.3 is 20.0 Å². The molecule has 8 nitrogen and oxygen atoms in total. The highest BCUT2D eigenvalue weighted by Gasteiger charge is 2.26. The molecule has 0 bridgehead atoms. The lowest BCUT2D eigenvalue weighted by atomic mass is 10.1. The second kappa shape index (κ2) is 10.9. The van der Waals surface area contributed by atoms with Crippen molar-refractivity contribution in [3.8, 4) is 0 Å². The molecule has 0 atom stereocenters. The summed E-state index contributed by atoms with van der Waals surface area (Å²) in [5.74, 6) is -0.267. The smallest absolute Gasteiger partial charge is 0.272 e. The molecule has 4 rings (SSSR count). The molecule has 2 aromatic rings. The molecule has 8 heteroatoms. The summed E-state index contributed by atoms with van der Waals surface area (Å²) in [4.78, 5) is 32.6. The first-order valence-electron chi connectivity index (χ1n) is 12.2. The van der Waals surface area contributed by atoms with Gasteiger partial charge in [-0.05, 0) is 38.4 Å². The maximum Gasteiger partial charge on any atom is 0.272 e. The van der Waals surface area contributed by atoms with Gasteiger partial charge in [0.15, 0.2) is 5.69 Å². The van der Waals surface area contributed by atoms with Crippen molar-refractivity contribution in [2.75, 3.05) is 52.4 Å². The molecule has 1 aromatic carbocycles. The van der Waals surface area contributed by atoms with Crippen LogP contribution in [0.15, 0.2) is 30.3 Å². The number of hydrogen-bond acceptors (Lipinski definition) is 5. The number of aryl methyl sites for hydroxylation is 2. The predicted molar refractivity (Wildman–Crippen MR) is 128 cm³/mol. The Labute approximate surface area is 196 Å². The van der Waals surface area contributed by atoms with Gasteiger partial charge in [-0.15, -0.1) is 0 Å². The van der Waals surface area contributed by atoms with Crippen LogP contribution in [0.2, 0.25) is 0 Å². The Kier molecular flexibility index (Phi) is 7.77. The quantitative estimate of drug-likeness (QED) is 0.620. The number of fused-ring (bicyclic) bond motifs is 1. The average Bonchev–Trinajstić information content (AvgIpc) is 3.19. The molecule has 2 aliphatic rings. The number of likely N-dealkylation sites (N-methyl/N-ethyl adjacent to an activating group) is 1. The number of piperazine rings is 1. The van der Waals surface area contributed by atoms with Crippen molar-refractivity contribution in [2.24, 2.45) is 0 Å². The molecule has 33 heavy (non-hydrogen) atoms. The van der Waals surface area contributed by atoms with E-state index >= 15 is 0 Å². The molecule has 178 valence electrons. The fourth-order valence-electron chi connectivity index (χ4n) is 4.65. The summed E-state index contributed by atoms with van der Waals surface area (Å²) in [7, 11) is 0. The van der Waals surface area contributed by atoms with Gasteiger partial charge in [-0.1, -0.05) is 36.8 Å². The van der Waals surface area contributed by atoms with Gasteiger partial charge in [0.05, 0.1) is 0 Å². The summed E-state index contributed by atoms with van der Waals surface area (Å²) in [5.41, 5.74) is 3.12. The lowest BCUT2D eigenvalue weighted by Crippen LogP contribution is -2.46. The number of benzene rings is 1. The Morgan fingerprint density at radius 1 is 1.06 bits per heavy atom. The number of rotatable bonds is 8. The van der Waals surface area contributed by atoms with Crippen LogP contribution in [-0.4, -0.2) is 88.7 Å². The highest BCUT2D eigenvalue weighted by atomic mass is 16.2. The Morgan fingerprint density at radius 3 is 2.61 bits per heavy atom. The van der Waals surface area contributed by atoms with E-state index in [9.17, 15) is 9.59 Å². The summed E-state index contributed by atoms with van der Waals surface area (Å²) in [6, 6.07) is 9.88. The van der Waals surface area contributed by atoms with Crippen LogP contribution in [0.25, 0.3) is 0 Å². The molecule has 1 N–H and O–H groups in total. The minimum absolute atomic E-state index is 0.0632. The zero-order chi connectivity index (χ0) is 23.2. The van der Waals surface area contributed by atoms with E-state index in [1.54, 1.807) is 10.7 Å². The van der Waals surface area contributed by atoms with Crippen LogP contribution in [0, 0.1) is 6.92 Å². The van der Waals surface area contributed by atoms with E-state index in [0.717, 1.165) is 57.7 Å². The molecular formula is C25H36N6O2. The average molecular weight is 453 g/mol. The minimum Gasteiger partial charge on any atom is -0.351 e. The standard InChI is InChI=1S/C25H36N6O2/c1-3-28-13-15-29(16-14-28)10-5-9-26-24(32)22-18-23-25(33)30(11-6-12-31(23)27-22)19-21-8-4-7-20(2)17-21/h4,7-8,17-18H,3,5-6,9-16,19H2,1-2H3,(H,26,32). The van der Waals surface area contributed by atoms with E-state index in [2.05, 4.69) is 46.2 Å². The van der Waals surface area contributed by atoms with Gasteiger partial charge in [-0.25, -0.2) is 0 Å². The SMILES string of the molecule is CCN1CCN(CCCNC(=O)c2cc3n(n2)CCCN(Cc2cccc(C)c2)C3=O)CC1. The van der Waals surface area contributed by atoms with Crippen molar-refractivity contribution in [2.45, 2.75) is 39.8 Å². The molecule has 1 aromatic heterocycles. The van der Waals surface area contributed by atoms with E-state index in [0.29, 0.717) is 37.6 Å². The second-order valence-electron chi connectivity index (χ2n) is 9.09. The maximum absolute atomic E-state index is 13.2. The van der Waals surface area contributed by atoms with Crippen LogP contribution in [0.1, 0.15) is 51.9 Å². The monoisotopic (exact) mass is 452 g/mol. The normalized spacial score (nSPS) is 17.6. The van der Waals surface area contributed by atoms with E-state index in [1.165, 1.54) is 5.56 Å². The van der Waals surface area contributed by atoms with Crippen molar-refractivity contribution in [3.63, 3.8) is 0 Å².